The van der Waals surface area contributed by atoms with E-state index in [4.69, 9.17) is 34.8 Å². The molecule has 1 saturated carbocycles. The summed E-state index contributed by atoms with van der Waals surface area (Å²) in [6.07, 6.45) is 5.07. The van der Waals surface area contributed by atoms with Gasteiger partial charge in [-0.25, -0.2) is 4.98 Å². The van der Waals surface area contributed by atoms with E-state index in [1.807, 2.05) is 12.1 Å². The largest absolute Gasteiger partial charge is 0.326 e. The Hall–Kier alpha value is -0.440. The monoisotopic (exact) mass is 330 g/mol. The molecule has 0 N–H and O–H groups in total. The number of nitrogens with zero attached hydrogens (tertiary/aromatic N) is 2. The van der Waals surface area contributed by atoms with Crippen molar-refractivity contribution in [2.75, 3.05) is 0 Å². The fraction of sp³-hybridized carbons (Fsp3) is 0.533. The molecule has 0 spiro atoms. The van der Waals surface area contributed by atoms with Gasteiger partial charge in [0.05, 0.1) is 27.0 Å². The van der Waals surface area contributed by atoms with Gasteiger partial charge in [-0.15, -0.1) is 11.6 Å². The molecule has 0 saturated heterocycles. The van der Waals surface area contributed by atoms with Gasteiger partial charge in [-0.05, 0) is 36.8 Å². The van der Waals surface area contributed by atoms with Gasteiger partial charge in [0, 0.05) is 6.54 Å². The van der Waals surface area contributed by atoms with E-state index in [9.17, 15) is 0 Å². The molecule has 1 aromatic carbocycles. The van der Waals surface area contributed by atoms with Gasteiger partial charge in [0.1, 0.15) is 5.82 Å². The molecule has 0 amide bonds. The number of imidazole rings is 1. The maximum absolute atomic E-state index is 6.15. The SMILES string of the molecule is CCCC1(Cn2c(CCl)nc3cc(Cl)c(Cl)cc32)CC1. The van der Waals surface area contributed by atoms with E-state index in [0.717, 1.165) is 23.4 Å². The van der Waals surface area contributed by atoms with Gasteiger partial charge >= 0.3 is 0 Å². The number of alkyl halides is 1. The third-order valence-electron chi connectivity index (χ3n) is 4.22. The molecule has 1 aliphatic carbocycles. The average molecular weight is 332 g/mol. The van der Waals surface area contributed by atoms with E-state index in [1.54, 1.807) is 0 Å². The second-order valence-corrected chi connectivity index (χ2v) is 6.83. The topological polar surface area (TPSA) is 17.8 Å². The minimum atomic E-state index is 0.409. The Morgan fingerprint density at radius 3 is 2.55 bits per heavy atom. The van der Waals surface area contributed by atoms with Gasteiger partial charge in [0.15, 0.2) is 0 Å². The van der Waals surface area contributed by atoms with Crippen LogP contribution in [0.4, 0.5) is 0 Å². The molecule has 108 valence electrons. The van der Waals surface area contributed by atoms with Crippen LogP contribution in [0.2, 0.25) is 10.0 Å². The molecule has 3 rings (SSSR count). The molecule has 20 heavy (non-hydrogen) atoms. The van der Waals surface area contributed by atoms with Crippen molar-refractivity contribution in [1.82, 2.24) is 9.55 Å². The summed E-state index contributed by atoms with van der Waals surface area (Å²) < 4.78 is 2.23. The Labute approximate surface area is 134 Å². The molecule has 1 aromatic heterocycles. The lowest BCUT2D eigenvalue weighted by atomic mass is 10.0. The molecule has 0 atom stereocenters. The number of benzene rings is 1. The van der Waals surface area contributed by atoms with Gasteiger partial charge < -0.3 is 4.57 Å². The minimum Gasteiger partial charge on any atom is -0.326 e. The highest BCUT2D eigenvalue weighted by atomic mass is 35.5. The highest BCUT2D eigenvalue weighted by Gasteiger charge is 2.42. The third kappa shape index (κ3) is 2.54. The number of aromatic nitrogens is 2. The lowest BCUT2D eigenvalue weighted by Gasteiger charge is -2.17. The van der Waals surface area contributed by atoms with Crippen molar-refractivity contribution in [2.24, 2.45) is 5.41 Å². The fourth-order valence-electron chi connectivity index (χ4n) is 2.98. The second kappa shape index (κ2) is 5.40. The molecule has 0 unspecified atom stereocenters. The van der Waals surface area contributed by atoms with E-state index < -0.39 is 0 Å². The van der Waals surface area contributed by atoms with Crippen molar-refractivity contribution in [2.45, 2.75) is 45.0 Å². The van der Waals surface area contributed by atoms with Crippen molar-refractivity contribution in [1.29, 1.82) is 0 Å². The predicted octanol–water partition coefficient (Wildman–Crippen LogP) is 5.66. The predicted molar refractivity (Wildman–Crippen MR) is 85.9 cm³/mol. The molecule has 5 heteroatoms. The van der Waals surface area contributed by atoms with Crippen LogP contribution >= 0.6 is 34.8 Å². The van der Waals surface area contributed by atoms with Crippen LogP contribution in [-0.2, 0) is 12.4 Å². The molecule has 1 aliphatic rings. The first-order chi connectivity index (χ1) is 9.58. The van der Waals surface area contributed by atoms with E-state index in [2.05, 4.69) is 16.5 Å². The zero-order valence-corrected chi connectivity index (χ0v) is 13.7. The Morgan fingerprint density at radius 1 is 1.25 bits per heavy atom. The fourth-order valence-corrected chi connectivity index (χ4v) is 3.50. The quantitative estimate of drug-likeness (QED) is 0.646. The molecular formula is C15H17Cl3N2. The van der Waals surface area contributed by atoms with Crippen LogP contribution in [-0.4, -0.2) is 9.55 Å². The molecule has 2 aromatic rings. The van der Waals surface area contributed by atoms with Gasteiger partial charge in [0.25, 0.3) is 0 Å². The maximum Gasteiger partial charge on any atom is 0.124 e. The van der Waals surface area contributed by atoms with E-state index in [0.29, 0.717) is 21.3 Å². The van der Waals surface area contributed by atoms with Crippen molar-refractivity contribution < 1.29 is 0 Å². The standard InChI is InChI=1S/C15H17Cl3N2/c1-2-3-15(4-5-15)9-20-13-7-11(18)10(17)6-12(13)19-14(20)8-16/h6-7H,2-5,8-9H2,1H3. The first-order valence-corrected chi connectivity index (χ1v) is 8.28. The number of hydrogen-bond donors (Lipinski definition) is 0. The third-order valence-corrected chi connectivity index (χ3v) is 5.18. The second-order valence-electron chi connectivity index (χ2n) is 5.75. The van der Waals surface area contributed by atoms with Gasteiger partial charge in [-0.3, -0.25) is 0 Å². The zero-order chi connectivity index (χ0) is 14.3. The highest BCUT2D eigenvalue weighted by Crippen LogP contribution is 2.51. The summed E-state index contributed by atoms with van der Waals surface area (Å²) in [5, 5.41) is 1.11. The number of hydrogen-bond acceptors (Lipinski definition) is 1. The first kappa shape index (κ1) is 14.5. The summed E-state index contributed by atoms with van der Waals surface area (Å²) in [5.74, 6) is 1.31. The normalized spacial score (nSPS) is 16.8. The summed E-state index contributed by atoms with van der Waals surface area (Å²) in [5.41, 5.74) is 2.36. The summed E-state index contributed by atoms with van der Waals surface area (Å²) in [4.78, 5) is 4.59. The van der Waals surface area contributed by atoms with Gasteiger partial charge in [-0.2, -0.15) is 0 Å². The Kier molecular flexibility index (Phi) is 3.91. The molecule has 1 heterocycles. The van der Waals surface area contributed by atoms with Crippen LogP contribution in [0, 0.1) is 5.41 Å². The van der Waals surface area contributed by atoms with Crippen LogP contribution in [0.1, 0.15) is 38.4 Å². The molecular weight excluding hydrogens is 315 g/mol. The Balaban J connectivity index is 2.06. The summed E-state index contributed by atoms with van der Waals surface area (Å²) in [6.45, 7) is 3.22. The lowest BCUT2D eigenvalue weighted by molar-refractivity contribution is 0.389. The smallest absolute Gasteiger partial charge is 0.124 e. The van der Waals surface area contributed by atoms with Crippen molar-refractivity contribution in [3.63, 3.8) is 0 Å². The number of fused-ring (bicyclic) bond motifs is 1. The molecule has 1 fully saturated rings. The maximum atomic E-state index is 6.15. The zero-order valence-electron chi connectivity index (χ0n) is 11.4. The van der Waals surface area contributed by atoms with Crippen LogP contribution < -0.4 is 0 Å². The van der Waals surface area contributed by atoms with Crippen molar-refractivity contribution in [3.05, 3.63) is 28.0 Å². The molecule has 0 aliphatic heterocycles. The van der Waals surface area contributed by atoms with Crippen LogP contribution in [0.3, 0.4) is 0 Å². The lowest BCUT2D eigenvalue weighted by Crippen LogP contribution is -2.13. The Morgan fingerprint density at radius 2 is 1.95 bits per heavy atom. The Bertz CT molecular complexity index is 644. The summed E-state index contributed by atoms with van der Waals surface area (Å²) in [6, 6.07) is 3.73. The van der Waals surface area contributed by atoms with Crippen molar-refractivity contribution >= 4 is 45.8 Å². The minimum absolute atomic E-state index is 0.409. The van der Waals surface area contributed by atoms with Crippen molar-refractivity contribution in [3.8, 4) is 0 Å². The molecule has 0 radical (unpaired) electrons. The molecule has 0 bridgehead atoms. The number of halogens is 3. The summed E-state index contributed by atoms with van der Waals surface area (Å²) in [7, 11) is 0. The van der Waals surface area contributed by atoms with Gasteiger partial charge in [-0.1, -0.05) is 36.5 Å². The summed E-state index contributed by atoms with van der Waals surface area (Å²) >= 11 is 18.3. The average Bonchev–Trinajstić information content (AvgIpc) is 3.10. The highest BCUT2D eigenvalue weighted by molar-refractivity contribution is 6.42. The van der Waals surface area contributed by atoms with E-state index >= 15 is 0 Å². The van der Waals surface area contributed by atoms with Crippen LogP contribution in [0.15, 0.2) is 12.1 Å². The molecule has 2 nitrogen and oxygen atoms in total. The van der Waals surface area contributed by atoms with Crippen LogP contribution in [0.5, 0.6) is 0 Å². The first-order valence-electron chi connectivity index (χ1n) is 6.99. The van der Waals surface area contributed by atoms with Gasteiger partial charge in [0.2, 0.25) is 0 Å². The van der Waals surface area contributed by atoms with E-state index in [-0.39, 0.29) is 0 Å². The number of rotatable bonds is 5. The van der Waals surface area contributed by atoms with Crippen LogP contribution in [0.25, 0.3) is 11.0 Å². The van der Waals surface area contributed by atoms with E-state index in [1.165, 1.54) is 25.7 Å².